The van der Waals surface area contributed by atoms with Crippen molar-refractivity contribution in [1.82, 2.24) is 5.32 Å². The molecule has 1 fully saturated rings. The maximum atomic E-state index is 12.8. The van der Waals surface area contributed by atoms with Crippen molar-refractivity contribution in [3.63, 3.8) is 0 Å². The summed E-state index contributed by atoms with van der Waals surface area (Å²) < 4.78 is 38.5. The van der Waals surface area contributed by atoms with Gasteiger partial charge < -0.3 is 5.73 Å². The molecule has 3 atom stereocenters. The van der Waals surface area contributed by atoms with Crippen LogP contribution >= 0.6 is 0 Å². The molecule has 2 aliphatic carbocycles. The number of nitrogens with two attached hydrogens (primary N) is 1. The molecule has 3 unspecified atom stereocenters. The minimum Gasteiger partial charge on any atom is -0.316 e. The smallest absolute Gasteiger partial charge is 0.316 e. The number of allylic oxidation sites excluding steroid dienone is 2. The van der Waals surface area contributed by atoms with Gasteiger partial charge in [-0.3, -0.25) is 5.32 Å². The van der Waals surface area contributed by atoms with Crippen molar-refractivity contribution >= 4 is 0 Å². The molecular formula is C21H29F3N2. The van der Waals surface area contributed by atoms with E-state index in [0.717, 1.165) is 0 Å². The van der Waals surface area contributed by atoms with Crippen molar-refractivity contribution in [2.75, 3.05) is 0 Å². The Hall–Kier alpha value is -1.33. The lowest BCUT2D eigenvalue weighted by Crippen LogP contribution is -2.48. The van der Waals surface area contributed by atoms with Crippen LogP contribution in [0, 0.1) is 11.8 Å². The molecule has 3 rings (SSSR count). The second-order valence-electron chi connectivity index (χ2n) is 7.74. The largest absolute Gasteiger partial charge is 0.412 e. The third kappa shape index (κ3) is 4.89. The van der Waals surface area contributed by atoms with Gasteiger partial charge in [-0.25, -0.2) is 0 Å². The van der Waals surface area contributed by atoms with Gasteiger partial charge in [-0.15, -0.1) is 0 Å². The Labute approximate surface area is 154 Å². The summed E-state index contributed by atoms with van der Waals surface area (Å²) in [7, 11) is 0. The molecule has 2 nitrogen and oxygen atoms in total. The van der Waals surface area contributed by atoms with Crippen molar-refractivity contribution in [3.05, 3.63) is 47.5 Å². The first-order chi connectivity index (χ1) is 12.4. The Morgan fingerprint density at radius 3 is 2.23 bits per heavy atom. The normalized spacial score (nSPS) is 24.8. The fourth-order valence-electron chi connectivity index (χ4n) is 4.41. The average Bonchev–Trinajstić information content (AvgIpc) is 2.67. The van der Waals surface area contributed by atoms with E-state index in [-0.39, 0.29) is 24.5 Å². The van der Waals surface area contributed by atoms with Gasteiger partial charge in [-0.1, -0.05) is 55.7 Å². The monoisotopic (exact) mass is 366 g/mol. The number of rotatable bonds is 5. The number of halogens is 3. The minimum absolute atomic E-state index is 0.0518. The van der Waals surface area contributed by atoms with Gasteiger partial charge in [-0.2, -0.15) is 13.2 Å². The molecule has 26 heavy (non-hydrogen) atoms. The van der Waals surface area contributed by atoms with Crippen LogP contribution in [-0.2, 0) is 0 Å². The van der Waals surface area contributed by atoms with E-state index in [0.29, 0.717) is 18.8 Å². The first-order valence-corrected chi connectivity index (χ1v) is 9.78. The van der Waals surface area contributed by atoms with Crippen LogP contribution in [0.1, 0.15) is 63.0 Å². The van der Waals surface area contributed by atoms with Crippen molar-refractivity contribution in [2.24, 2.45) is 17.6 Å². The third-order valence-corrected chi connectivity index (χ3v) is 5.98. The minimum atomic E-state index is -4.20. The van der Waals surface area contributed by atoms with Gasteiger partial charge in [0.2, 0.25) is 0 Å². The first kappa shape index (κ1) is 19.4. The highest BCUT2D eigenvalue weighted by atomic mass is 19.4. The zero-order valence-electron chi connectivity index (χ0n) is 15.1. The van der Waals surface area contributed by atoms with E-state index in [4.69, 9.17) is 5.73 Å². The van der Waals surface area contributed by atoms with E-state index in [2.05, 4.69) is 17.4 Å². The SMILES string of the molecule is NC(NC(c1ccccc1)C1CCCCC1)C1CC=C(C(F)(F)F)CC1. The summed E-state index contributed by atoms with van der Waals surface area (Å²) in [5.41, 5.74) is 7.26. The molecule has 1 saturated carbocycles. The van der Waals surface area contributed by atoms with Crippen molar-refractivity contribution < 1.29 is 13.2 Å². The topological polar surface area (TPSA) is 38.0 Å². The van der Waals surface area contributed by atoms with Gasteiger partial charge in [0, 0.05) is 11.6 Å². The van der Waals surface area contributed by atoms with E-state index in [9.17, 15) is 13.2 Å². The zero-order valence-corrected chi connectivity index (χ0v) is 15.1. The molecule has 3 N–H and O–H groups in total. The summed E-state index contributed by atoms with van der Waals surface area (Å²) in [5, 5.41) is 3.59. The molecule has 0 amide bonds. The van der Waals surface area contributed by atoms with E-state index in [1.807, 2.05) is 18.2 Å². The van der Waals surface area contributed by atoms with Gasteiger partial charge in [-0.05, 0) is 49.5 Å². The molecule has 0 radical (unpaired) electrons. The molecule has 5 heteroatoms. The number of hydrogen-bond acceptors (Lipinski definition) is 2. The predicted molar refractivity (Wildman–Crippen MR) is 98.3 cm³/mol. The lowest BCUT2D eigenvalue weighted by molar-refractivity contribution is -0.0958. The van der Waals surface area contributed by atoms with Crippen LogP contribution in [0.4, 0.5) is 13.2 Å². The molecule has 0 saturated heterocycles. The molecule has 2 aliphatic rings. The van der Waals surface area contributed by atoms with Crippen LogP contribution in [0.2, 0.25) is 0 Å². The lowest BCUT2D eigenvalue weighted by atomic mass is 9.80. The van der Waals surface area contributed by atoms with Crippen LogP contribution in [0.3, 0.4) is 0 Å². The first-order valence-electron chi connectivity index (χ1n) is 9.78. The molecule has 0 spiro atoms. The van der Waals surface area contributed by atoms with Gasteiger partial charge in [0.05, 0.1) is 6.17 Å². The van der Waals surface area contributed by atoms with Crippen molar-refractivity contribution in [1.29, 1.82) is 0 Å². The summed E-state index contributed by atoms with van der Waals surface area (Å²) in [4.78, 5) is 0. The van der Waals surface area contributed by atoms with Gasteiger partial charge >= 0.3 is 6.18 Å². The lowest BCUT2D eigenvalue weighted by Gasteiger charge is -2.36. The van der Waals surface area contributed by atoms with E-state index < -0.39 is 11.7 Å². The Bertz CT molecular complexity index is 591. The fraction of sp³-hybridized carbons (Fsp3) is 0.619. The summed E-state index contributed by atoms with van der Waals surface area (Å²) in [6, 6.07) is 10.5. The molecule has 0 bridgehead atoms. The predicted octanol–water partition coefficient (Wildman–Crippen LogP) is 5.47. The zero-order chi connectivity index (χ0) is 18.6. The third-order valence-electron chi connectivity index (χ3n) is 5.98. The van der Waals surface area contributed by atoms with Crippen LogP contribution in [-0.4, -0.2) is 12.3 Å². The highest BCUT2D eigenvalue weighted by Crippen LogP contribution is 2.38. The van der Waals surface area contributed by atoms with Gasteiger partial charge in [0.1, 0.15) is 0 Å². The van der Waals surface area contributed by atoms with Crippen LogP contribution in [0.5, 0.6) is 0 Å². The summed E-state index contributed by atoms with van der Waals surface area (Å²) >= 11 is 0. The second kappa shape index (κ2) is 8.57. The summed E-state index contributed by atoms with van der Waals surface area (Å²) in [5.74, 6) is 0.595. The van der Waals surface area contributed by atoms with Gasteiger partial charge in [0.15, 0.2) is 0 Å². The number of alkyl halides is 3. The Balaban J connectivity index is 1.68. The molecule has 0 aromatic heterocycles. The van der Waals surface area contributed by atoms with Crippen LogP contribution in [0.15, 0.2) is 42.0 Å². The van der Waals surface area contributed by atoms with Crippen molar-refractivity contribution in [2.45, 2.75) is 69.8 Å². The van der Waals surface area contributed by atoms with E-state index in [1.165, 1.54) is 43.7 Å². The maximum Gasteiger partial charge on any atom is 0.412 e. The summed E-state index contributed by atoms with van der Waals surface area (Å²) in [6.45, 7) is 0. The van der Waals surface area contributed by atoms with E-state index >= 15 is 0 Å². The molecule has 144 valence electrons. The Morgan fingerprint density at radius 2 is 1.65 bits per heavy atom. The van der Waals surface area contributed by atoms with Gasteiger partial charge in [0.25, 0.3) is 0 Å². The highest BCUT2D eigenvalue weighted by molar-refractivity contribution is 5.20. The van der Waals surface area contributed by atoms with Crippen molar-refractivity contribution in [3.8, 4) is 0 Å². The Kier molecular flexibility index (Phi) is 6.41. The average molecular weight is 366 g/mol. The second-order valence-corrected chi connectivity index (χ2v) is 7.74. The molecular weight excluding hydrogens is 337 g/mol. The number of nitrogens with one attached hydrogen (secondary N) is 1. The maximum absolute atomic E-state index is 12.8. The standard InChI is InChI=1S/C21H29F3N2/c22-21(23,24)18-13-11-17(12-14-18)20(25)26-19(15-7-3-1-4-8-15)16-9-5-2-6-10-16/h1,3-4,7-8,13,16-17,19-20,26H,2,5-6,9-12,14,25H2. The van der Waals surface area contributed by atoms with Crippen LogP contribution in [0.25, 0.3) is 0 Å². The van der Waals surface area contributed by atoms with E-state index in [1.54, 1.807) is 0 Å². The van der Waals surface area contributed by atoms with Crippen LogP contribution < -0.4 is 11.1 Å². The number of hydrogen-bond donors (Lipinski definition) is 2. The highest BCUT2D eigenvalue weighted by Gasteiger charge is 2.36. The number of benzene rings is 1. The molecule has 1 aromatic carbocycles. The molecule has 0 aliphatic heterocycles. The molecule has 1 aromatic rings. The fourth-order valence-corrected chi connectivity index (χ4v) is 4.41. The summed E-state index contributed by atoms with van der Waals surface area (Å²) in [6.07, 6.45) is 3.96. The molecule has 0 heterocycles. The quantitative estimate of drug-likeness (QED) is 0.535. The Morgan fingerprint density at radius 1 is 0.962 bits per heavy atom.